The Morgan fingerprint density at radius 3 is 2.67 bits per heavy atom. The zero-order valence-electron chi connectivity index (χ0n) is 17.2. The zero-order valence-corrected chi connectivity index (χ0v) is 20.2. The molecule has 30 heavy (non-hydrogen) atoms. The summed E-state index contributed by atoms with van der Waals surface area (Å²) in [6.07, 6.45) is 1.49. The highest BCUT2D eigenvalue weighted by molar-refractivity contribution is 14.1. The van der Waals surface area contributed by atoms with Crippen molar-refractivity contribution in [2.75, 3.05) is 32.0 Å². The van der Waals surface area contributed by atoms with E-state index < -0.39 is 0 Å². The average Bonchev–Trinajstić information content (AvgIpc) is 3.04. The van der Waals surface area contributed by atoms with E-state index in [0.717, 1.165) is 50.4 Å². The summed E-state index contributed by atoms with van der Waals surface area (Å²) in [5, 5.41) is 4.34. The highest BCUT2D eigenvalue weighted by Gasteiger charge is 2.20. The molecule has 0 bridgehead atoms. The van der Waals surface area contributed by atoms with Gasteiger partial charge in [0, 0.05) is 28.1 Å². The molecule has 3 heterocycles. The summed E-state index contributed by atoms with van der Waals surface area (Å²) in [5.74, 6) is 1.93. The van der Waals surface area contributed by atoms with Gasteiger partial charge in [0.15, 0.2) is 33.6 Å². The van der Waals surface area contributed by atoms with Gasteiger partial charge in [0.25, 0.3) is 0 Å². The first-order valence-corrected chi connectivity index (χ1v) is 11.7. The normalized spacial score (nSPS) is 13.7. The third kappa shape index (κ3) is 4.75. The highest BCUT2D eigenvalue weighted by atomic mass is 127. The van der Waals surface area contributed by atoms with Gasteiger partial charge in [-0.3, -0.25) is 0 Å². The summed E-state index contributed by atoms with van der Waals surface area (Å²) in [5.41, 5.74) is 7.67. The molecule has 0 unspecified atom stereocenters. The predicted octanol–water partition coefficient (Wildman–Crippen LogP) is 3.57. The van der Waals surface area contributed by atoms with Crippen LogP contribution in [0.4, 0.5) is 5.82 Å². The Balaban J connectivity index is 1.64. The van der Waals surface area contributed by atoms with Crippen LogP contribution in [-0.4, -0.2) is 45.8 Å². The van der Waals surface area contributed by atoms with Crippen LogP contribution in [0.15, 0.2) is 28.5 Å². The van der Waals surface area contributed by atoms with Gasteiger partial charge in [-0.2, -0.15) is 0 Å². The number of anilines is 1. The second-order valence-electron chi connectivity index (χ2n) is 8.24. The number of imidazole rings is 1. The molecule has 10 heteroatoms. The fourth-order valence-electron chi connectivity index (χ4n) is 3.09. The highest BCUT2D eigenvalue weighted by Crippen LogP contribution is 2.40. The summed E-state index contributed by atoms with van der Waals surface area (Å²) in [6, 6.07) is 4.01. The number of hydrogen-bond acceptors (Lipinski definition) is 8. The number of nitrogens with two attached hydrogens (primary N) is 1. The lowest BCUT2D eigenvalue weighted by atomic mass is 9.97. The molecule has 160 valence electrons. The van der Waals surface area contributed by atoms with Crippen molar-refractivity contribution < 1.29 is 9.47 Å². The molecule has 3 N–H and O–H groups in total. The van der Waals surface area contributed by atoms with Crippen LogP contribution in [0.25, 0.3) is 11.2 Å². The number of nitrogen functional groups attached to an aromatic ring is 1. The van der Waals surface area contributed by atoms with Crippen LogP contribution >= 0.6 is 34.4 Å². The second-order valence-corrected chi connectivity index (χ2v) is 10.4. The van der Waals surface area contributed by atoms with E-state index in [1.54, 1.807) is 11.8 Å². The lowest BCUT2D eigenvalue weighted by molar-refractivity contribution is 0.171. The van der Waals surface area contributed by atoms with E-state index in [4.69, 9.17) is 20.2 Å². The number of hydrogen-bond donors (Lipinski definition) is 2. The lowest BCUT2D eigenvalue weighted by Crippen LogP contribution is -2.29. The van der Waals surface area contributed by atoms with Gasteiger partial charge in [0.2, 0.25) is 0 Å². The summed E-state index contributed by atoms with van der Waals surface area (Å²) in [4.78, 5) is 14.4. The molecule has 1 aliphatic rings. The Morgan fingerprint density at radius 2 is 1.93 bits per heavy atom. The minimum Gasteiger partial charge on any atom is -0.486 e. The van der Waals surface area contributed by atoms with Crippen LogP contribution in [0.5, 0.6) is 11.5 Å². The van der Waals surface area contributed by atoms with Crippen LogP contribution < -0.4 is 20.5 Å². The molecule has 1 aliphatic heterocycles. The van der Waals surface area contributed by atoms with E-state index in [1.807, 2.05) is 12.1 Å². The molecule has 4 rings (SSSR count). The maximum Gasteiger partial charge on any atom is 0.175 e. The zero-order chi connectivity index (χ0) is 21.3. The molecular formula is C20H25IN6O2S. The van der Waals surface area contributed by atoms with Gasteiger partial charge in [-0.1, -0.05) is 32.5 Å². The third-order valence-electron chi connectivity index (χ3n) is 4.49. The van der Waals surface area contributed by atoms with Crippen LogP contribution in [-0.2, 0) is 6.54 Å². The molecule has 0 spiro atoms. The molecule has 0 amide bonds. The number of fused-ring (bicyclic) bond motifs is 2. The monoisotopic (exact) mass is 540 g/mol. The largest absolute Gasteiger partial charge is 0.486 e. The van der Waals surface area contributed by atoms with E-state index in [0.29, 0.717) is 24.5 Å². The van der Waals surface area contributed by atoms with E-state index in [2.05, 4.69) is 63.2 Å². The number of nitrogens with one attached hydrogen (secondary N) is 1. The van der Waals surface area contributed by atoms with Gasteiger partial charge in [0.05, 0.1) is 0 Å². The number of benzene rings is 1. The van der Waals surface area contributed by atoms with Crippen molar-refractivity contribution >= 4 is 51.3 Å². The molecule has 0 radical (unpaired) electrons. The molecular weight excluding hydrogens is 515 g/mol. The van der Waals surface area contributed by atoms with Crippen LogP contribution in [0, 0.1) is 8.99 Å². The maximum absolute atomic E-state index is 6.07. The first kappa shape index (κ1) is 21.4. The Hall–Kier alpha value is -1.79. The van der Waals surface area contributed by atoms with Crippen molar-refractivity contribution in [2.24, 2.45) is 5.41 Å². The fourth-order valence-corrected chi connectivity index (χ4v) is 4.80. The van der Waals surface area contributed by atoms with Gasteiger partial charge in [-0.25, -0.2) is 15.0 Å². The maximum atomic E-state index is 6.07. The SMILES string of the molecule is CC(C)(C)CNCCn1c(Sc2cc3c(cc2I)OCCO3)nc2c(N)ncnc21. The molecule has 1 aromatic carbocycles. The summed E-state index contributed by atoms with van der Waals surface area (Å²) >= 11 is 3.88. The Morgan fingerprint density at radius 1 is 1.20 bits per heavy atom. The van der Waals surface area contributed by atoms with Crippen molar-refractivity contribution in [3.8, 4) is 11.5 Å². The Kier molecular flexibility index (Phi) is 6.26. The molecule has 0 fully saturated rings. The molecule has 0 aliphatic carbocycles. The van der Waals surface area contributed by atoms with E-state index in [-0.39, 0.29) is 5.41 Å². The Labute approximate surface area is 193 Å². The Bertz CT molecular complexity index is 1070. The minimum atomic E-state index is 0.225. The minimum absolute atomic E-state index is 0.225. The van der Waals surface area contributed by atoms with Crippen molar-refractivity contribution in [2.45, 2.75) is 37.4 Å². The standard InChI is InChI=1S/C20H25IN6O2S/c1-20(2,3)10-23-4-5-27-18-16(17(22)24-11-25-18)26-19(27)30-15-9-14-13(8-12(15)21)28-6-7-29-14/h8-9,11,23H,4-7,10H2,1-3H3,(H2,22,24,25). The van der Waals surface area contributed by atoms with E-state index in [1.165, 1.54) is 6.33 Å². The smallest absolute Gasteiger partial charge is 0.175 e. The predicted molar refractivity (Wildman–Crippen MR) is 126 cm³/mol. The van der Waals surface area contributed by atoms with E-state index >= 15 is 0 Å². The number of rotatable bonds is 6. The van der Waals surface area contributed by atoms with Crippen molar-refractivity contribution in [1.29, 1.82) is 0 Å². The average molecular weight is 540 g/mol. The summed E-state index contributed by atoms with van der Waals surface area (Å²) in [6.45, 7) is 10.2. The van der Waals surface area contributed by atoms with Gasteiger partial charge in [-0.15, -0.1) is 0 Å². The molecule has 0 atom stereocenters. The first-order chi connectivity index (χ1) is 14.3. The lowest BCUT2D eigenvalue weighted by Gasteiger charge is -2.20. The van der Waals surface area contributed by atoms with Crippen LogP contribution in [0.2, 0.25) is 0 Å². The van der Waals surface area contributed by atoms with Crippen molar-refractivity contribution in [1.82, 2.24) is 24.8 Å². The fraction of sp³-hybridized carbons (Fsp3) is 0.450. The van der Waals surface area contributed by atoms with Gasteiger partial charge >= 0.3 is 0 Å². The quantitative estimate of drug-likeness (QED) is 0.362. The molecule has 0 saturated carbocycles. The second kappa shape index (κ2) is 8.75. The number of ether oxygens (including phenoxy) is 2. The van der Waals surface area contributed by atoms with Gasteiger partial charge in [-0.05, 0) is 40.1 Å². The van der Waals surface area contributed by atoms with Crippen molar-refractivity contribution in [3.05, 3.63) is 22.0 Å². The summed E-state index contributed by atoms with van der Waals surface area (Å²) in [7, 11) is 0. The van der Waals surface area contributed by atoms with Crippen molar-refractivity contribution in [3.63, 3.8) is 0 Å². The molecule has 3 aromatic rings. The third-order valence-corrected chi connectivity index (χ3v) is 6.80. The van der Waals surface area contributed by atoms with Crippen LogP contribution in [0.3, 0.4) is 0 Å². The molecule has 8 nitrogen and oxygen atoms in total. The number of halogens is 1. The molecule has 2 aromatic heterocycles. The van der Waals surface area contributed by atoms with Gasteiger partial charge < -0.3 is 25.1 Å². The number of nitrogens with zero attached hydrogens (tertiary/aromatic N) is 4. The van der Waals surface area contributed by atoms with Gasteiger partial charge in [0.1, 0.15) is 19.5 Å². The van der Waals surface area contributed by atoms with E-state index in [9.17, 15) is 0 Å². The number of aromatic nitrogens is 4. The summed E-state index contributed by atoms with van der Waals surface area (Å²) < 4.78 is 14.6. The first-order valence-electron chi connectivity index (χ1n) is 9.76. The topological polar surface area (TPSA) is 100 Å². The van der Waals surface area contributed by atoms with Crippen LogP contribution in [0.1, 0.15) is 20.8 Å². The molecule has 0 saturated heterocycles.